The Balaban J connectivity index is 2.08. The fraction of sp³-hybridized carbons (Fsp3) is 0.273. The molecule has 0 aliphatic rings. The third-order valence-corrected chi connectivity index (χ3v) is 3.52. The van der Waals surface area contributed by atoms with Gasteiger partial charge < -0.3 is 10.1 Å². The molecule has 4 nitrogen and oxygen atoms in total. The minimum atomic E-state index is -0.356. The summed E-state index contributed by atoms with van der Waals surface area (Å²) < 4.78 is 19.2. The number of ether oxygens (including phenoxy) is 1. The van der Waals surface area contributed by atoms with E-state index in [4.69, 9.17) is 4.74 Å². The highest BCUT2D eigenvalue weighted by atomic mass is 79.9. The number of hydrogen-bond acceptors (Lipinski definition) is 5. The summed E-state index contributed by atoms with van der Waals surface area (Å²) in [6.45, 7) is 3.54. The summed E-state index contributed by atoms with van der Waals surface area (Å²) in [5.74, 6) is 0.0340. The number of nitrogens with zero attached hydrogens (tertiary/aromatic N) is 2. The van der Waals surface area contributed by atoms with Crippen LogP contribution < -0.4 is 10.1 Å². The second-order valence-corrected chi connectivity index (χ2v) is 5.30. The average Bonchev–Trinajstić information content (AvgIpc) is 2.79. The van der Waals surface area contributed by atoms with Crippen molar-refractivity contribution >= 4 is 27.3 Å². The molecule has 1 aromatic heterocycles. The van der Waals surface area contributed by atoms with E-state index in [9.17, 15) is 4.39 Å². The van der Waals surface area contributed by atoms with Gasteiger partial charge in [0.2, 0.25) is 0 Å². The predicted molar refractivity (Wildman–Crippen MR) is 71.5 cm³/mol. The summed E-state index contributed by atoms with van der Waals surface area (Å²) >= 11 is 4.62. The van der Waals surface area contributed by atoms with Crippen molar-refractivity contribution in [2.75, 3.05) is 6.54 Å². The lowest BCUT2D eigenvalue weighted by Gasteiger charge is -2.03. The Morgan fingerprint density at radius 3 is 3.06 bits per heavy atom. The van der Waals surface area contributed by atoms with Gasteiger partial charge in [0.25, 0.3) is 5.19 Å². The average molecular weight is 332 g/mol. The Morgan fingerprint density at radius 1 is 1.44 bits per heavy atom. The molecule has 0 saturated heterocycles. The lowest BCUT2D eigenvalue weighted by molar-refractivity contribution is 0.464. The lowest BCUT2D eigenvalue weighted by Crippen LogP contribution is -2.11. The molecule has 96 valence electrons. The van der Waals surface area contributed by atoms with Crippen LogP contribution in [0.2, 0.25) is 0 Å². The van der Waals surface area contributed by atoms with Crippen LogP contribution in [0.25, 0.3) is 0 Å². The number of halogens is 2. The zero-order chi connectivity index (χ0) is 13.0. The highest BCUT2D eigenvalue weighted by Crippen LogP contribution is 2.31. The number of benzene rings is 1. The lowest BCUT2D eigenvalue weighted by atomic mass is 10.3. The summed E-state index contributed by atoms with van der Waals surface area (Å²) in [5, 5.41) is 12.2. The van der Waals surface area contributed by atoms with Gasteiger partial charge in [-0.1, -0.05) is 23.4 Å². The van der Waals surface area contributed by atoms with Gasteiger partial charge in [0.15, 0.2) is 0 Å². The molecule has 1 heterocycles. The molecular formula is C11H11BrFN3OS. The van der Waals surface area contributed by atoms with E-state index in [0.29, 0.717) is 22.0 Å². The smallest absolute Gasteiger partial charge is 0.299 e. The van der Waals surface area contributed by atoms with Crippen LogP contribution in [0, 0.1) is 5.82 Å². The molecule has 0 saturated carbocycles. The van der Waals surface area contributed by atoms with Gasteiger partial charge in [0, 0.05) is 12.6 Å². The first kappa shape index (κ1) is 13.4. The summed E-state index contributed by atoms with van der Waals surface area (Å²) in [4.78, 5) is 0. The van der Waals surface area contributed by atoms with Gasteiger partial charge in [-0.15, -0.1) is 5.10 Å². The molecule has 0 amide bonds. The highest BCUT2D eigenvalue weighted by molar-refractivity contribution is 9.10. The van der Waals surface area contributed by atoms with Crippen LogP contribution in [0.1, 0.15) is 11.9 Å². The number of rotatable bonds is 5. The topological polar surface area (TPSA) is 47.0 Å². The second kappa shape index (κ2) is 6.21. The quantitative estimate of drug-likeness (QED) is 0.912. The molecule has 1 aromatic carbocycles. The molecule has 0 atom stereocenters. The Morgan fingerprint density at radius 2 is 2.28 bits per heavy atom. The standard InChI is InChI=1S/C11H11BrFN3OS/c1-2-14-6-10-15-16-11(18-10)17-9-5-7(13)3-4-8(9)12/h3-5,14H,2,6H2,1H3. The second-order valence-electron chi connectivity index (χ2n) is 3.42. The Hall–Kier alpha value is -1.05. The normalized spacial score (nSPS) is 10.6. The van der Waals surface area contributed by atoms with Gasteiger partial charge in [0.1, 0.15) is 16.6 Å². The zero-order valence-electron chi connectivity index (χ0n) is 9.61. The minimum Gasteiger partial charge on any atom is -0.428 e. The van der Waals surface area contributed by atoms with Crippen molar-refractivity contribution in [3.8, 4) is 10.9 Å². The monoisotopic (exact) mass is 331 g/mol. The van der Waals surface area contributed by atoms with Crippen molar-refractivity contribution < 1.29 is 9.13 Å². The fourth-order valence-corrected chi connectivity index (χ4v) is 2.23. The molecule has 2 rings (SSSR count). The summed E-state index contributed by atoms with van der Waals surface area (Å²) in [6, 6.07) is 4.24. The van der Waals surface area contributed by atoms with Gasteiger partial charge in [-0.05, 0) is 34.6 Å². The van der Waals surface area contributed by atoms with E-state index in [2.05, 4.69) is 31.4 Å². The van der Waals surface area contributed by atoms with Crippen molar-refractivity contribution in [1.29, 1.82) is 0 Å². The first-order valence-electron chi connectivity index (χ1n) is 5.35. The minimum absolute atomic E-state index is 0.356. The van der Waals surface area contributed by atoms with E-state index in [0.717, 1.165) is 11.6 Å². The van der Waals surface area contributed by atoms with E-state index < -0.39 is 0 Å². The van der Waals surface area contributed by atoms with Crippen molar-refractivity contribution in [1.82, 2.24) is 15.5 Å². The van der Waals surface area contributed by atoms with Gasteiger partial charge in [0.05, 0.1) is 4.47 Å². The van der Waals surface area contributed by atoms with E-state index >= 15 is 0 Å². The molecule has 0 aliphatic heterocycles. The molecule has 2 aromatic rings. The van der Waals surface area contributed by atoms with Crippen LogP contribution in [-0.2, 0) is 6.54 Å². The zero-order valence-corrected chi connectivity index (χ0v) is 12.0. The summed E-state index contributed by atoms with van der Waals surface area (Å²) in [5.41, 5.74) is 0. The molecule has 7 heteroatoms. The molecule has 1 N–H and O–H groups in total. The van der Waals surface area contributed by atoms with Gasteiger partial charge in [-0.3, -0.25) is 0 Å². The molecule has 0 bridgehead atoms. The largest absolute Gasteiger partial charge is 0.428 e. The molecule has 0 aliphatic carbocycles. The van der Waals surface area contributed by atoms with E-state index in [1.54, 1.807) is 6.07 Å². The fourth-order valence-electron chi connectivity index (χ4n) is 1.23. The number of hydrogen-bond donors (Lipinski definition) is 1. The van der Waals surface area contributed by atoms with Crippen LogP contribution in [0.5, 0.6) is 10.9 Å². The number of aromatic nitrogens is 2. The SMILES string of the molecule is CCNCc1nnc(Oc2cc(F)ccc2Br)s1. The van der Waals surface area contributed by atoms with Crippen LogP contribution in [-0.4, -0.2) is 16.7 Å². The molecule has 0 spiro atoms. The maximum atomic E-state index is 13.1. The molecule has 0 unspecified atom stereocenters. The number of nitrogens with one attached hydrogen (secondary N) is 1. The van der Waals surface area contributed by atoms with Crippen molar-refractivity contribution in [3.05, 3.63) is 33.5 Å². The van der Waals surface area contributed by atoms with Crippen LogP contribution in [0.15, 0.2) is 22.7 Å². The molecule has 18 heavy (non-hydrogen) atoms. The highest BCUT2D eigenvalue weighted by Gasteiger charge is 2.09. The Bertz CT molecular complexity index is 535. The van der Waals surface area contributed by atoms with Crippen molar-refractivity contribution in [2.24, 2.45) is 0 Å². The third-order valence-electron chi connectivity index (χ3n) is 2.07. The van der Waals surface area contributed by atoms with Crippen LogP contribution in [0.4, 0.5) is 4.39 Å². The van der Waals surface area contributed by atoms with E-state index in [1.807, 2.05) is 6.92 Å². The van der Waals surface area contributed by atoms with Gasteiger partial charge in [-0.2, -0.15) is 0 Å². The van der Waals surface area contributed by atoms with Crippen LogP contribution >= 0.6 is 27.3 Å². The van der Waals surface area contributed by atoms with Crippen LogP contribution in [0.3, 0.4) is 0 Å². The van der Waals surface area contributed by atoms with E-state index in [1.165, 1.54) is 23.5 Å². The Labute approximate surface area is 116 Å². The molecule has 0 fully saturated rings. The summed E-state index contributed by atoms with van der Waals surface area (Å²) in [6.07, 6.45) is 0. The van der Waals surface area contributed by atoms with Gasteiger partial charge >= 0.3 is 0 Å². The van der Waals surface area contributed by atoms with Gasteiger partial charge in [-0.25, -0.2) is 4.39 Å². The first-order chi connectivity index (χ1) is 8.69. The van der Waals surface area contributed by atoms with Crippen molar-refractivity contribution in [3.63, 3.8) is 0 Å². The maximum absolute atomic E-state index is 13.1. The predicted octanol–water partition coefficient (Wildman–Crippen LogP) is 3.34. The summed E-state index contributed by atoms with van der Waals surface area (Å²) in [7, 11) is 0. The third kappa shape index (κ3) is 3.47. The first-order valence-corrected chi connectivity index (χ1v) is 6.96. The maximum Gasteiger partial charge on any atom is 0.299 e. The molecule has 0 radical (unpaired) electrons. The molecular weight excluding hydrogens is 321 g/mol. The van der Waals surface area contributed by atoms with E-state index in [-0.39, 0.29) is 5.82 Å². The van der Waals surface area contributed by atoms with Crippen molar-refractivity contribution in [2.45, 2.75) is 13.5 Å². The Kier molecular flexibility index (Phi) is 4.62.